The number of nitrogens with two attached hydrogens (primary N) is 1. The van der Waals surface area contributed by atoms with Gasteiger partial charge >= 0.3 is 6.36 Å². The van der Waals surface area contributed by atoms with Crippen LogP contribution < -0.4 is 15.8 Å². The van der Waals surface area contributed by atoms with Gasteiger partial charge in [-0.3, -0.25) is 4.99 Å². The van der Waals surface area contributed by atoms with Crippen LogP contribution in [0.25, 0.3) is 0 Å². The summed E-state index contributed by atoms with van der Waals surface area (Å²) >= 11 is 0. The Morgan fingerprint density at radius 1 is 1.27 bits per heavy atom. The number of anilines is 1. The first-order chi connectivity index (χ1) is 11.9. The number of likely N-dealkylation sites (tertiary alicyclic amines) is 1. The molecule has 0 aromatic heterocycles. The van der Waals surface area contributed by atoms with Crippen LogP contribution in [0.5, 0.6) is 5.75 Å². The molecule has 1 aliphatic rings. The number of ether oxygens (including phenoxy) is 1. The molecular formula is C17H26F3IN4O. The standard InChI is InChI=1S/C17H25F3N4O.HI/c1-2-9-24-10-7-13(8-11-24)12-22-16(21)23-14-3-5-15(6-4-14)25-17(18,19)20;/h3-6,13H,2,7-12H2,1H3,(H3,21,22,23);1H. The number of guanidine groups is 1. The van der Waals surface area contributed by atoms with Crippen LogP contribution in [0.1, 0.15) is 26.2 Å². The van der Waals surface area contributed by atoms with Crippen LogP contribution in [0.3, 0.4) is 0 Å². The maximum Gasteiger partial charge on any atom is 0.573 e. The molecule has 0 spiro atoms. The predicted octanol–water partition coefficient (Wildman–Crippen LogP) is 4.05. The molecule has 0 saturated carbocycles. The Labute approximate surface area is 169 Å². The number of halogens is 4. The molecule has 5 nitrogen and oxygen atoms in total. The average molecular weight is 486 g/mol. The zero-order valence-electron chi connectivity index (χ0n) is 14.8. The Balaban J connectivity index is 0.00000338. The summed E-state index contributed by atoms with van der Waals surface area (Å²) in [4.78, 5) is 6.81. The molecule has 9 heteroatoms. The van der Waals surface area contributed by atoms with Crippen LogP contribution in [0, 0.1) is 5.92 Å². The van der Waals surface area contributed by atoms with Gasteiger partial charge in [-0.25, -0.2) is 0 Å². The molecule has 0 amide bonds. The quantitative estimate of drug-likeness (QED) is 0.362. The number of nitrogens with zero attached hydrogens (tertiary/aromatic N) is 2. The highest BCUT2D eigenvalue weighted by molar-refractivity contribution is 14.0. The van der Waals surface area contributed by atoms with Gasteiger partial charge in [-0.05, 0) is 69.1 Å². The number of hydrogen-bond acceptors (Lipinski definition) is 3. The SMILES string of the molecule is CCCN1CCC(CN=C(N)Nc2ccc(OC(F)(F)F)cc2)CC1.I. The van der Waals surface area contributed by atoms with E-state index in [1.807, 2.05) is 0 Å². The lowest BCUT2D eigenvalue weighted by Crippen LogP contribution is -2.35. The maximum atomic E-state index is 12.1. The molecule has 1 aromatic carbocycles. The summed E-state index contributed by atoms with van der Waals surface area (Å²) < 4.78 is 40.2. The minimum absolute atomic E-state index is 0. The van der Waals surface area contributed by atoms with Crippen molar-refractivity contribution in [3.05, 3.63) is 24.3 Å². The van der Waals surface area contributed by atoms with Crippen LogP contribution in [0.15, 0.2) is 29.3 Å². The molecule has 148 valence electrons. The smallest absolute Gasteiger partial charge is 0.406 e. The molecule has 0 radical (unpaired) electrons. The Bertz CT molecular complexity index is 558. The van der Waals surface area contributed by atoms with Crippen LogP contribution in [-0.4, -0.2) is 43.4 Å². The van der Waals surface area contributed by atoms with Gasteiger partial charge < -0.3 is 20.7 Å². The van der Waals surface area contributed by atoms with E-state index in [9.17, 15) is 13.2 Å². The van der Waals surface area contributed by atoms with Crippen molar-refractivity contribution in [2.24, 2.45) is 16.6 Å². The van der Waals surface area contributed by atoms with Crippen LogP contribution in [-0.2, 0) is 0 Å². The number of alkyl halides is 3. The van der Waals surface area contributed by atoms with Gasteiger partial charge in [0.25, 0.3) is 0 Å². The highest BCUT2D eigenvalue weighted by Gasteiger charge is 2.30. The molecular weight excluding hydrogens is 460 g/mol. The number of benzene rings is 1. The van der Waals surface area contributed by atoms with Gasteiger partial charge in [0.1, 0.15) is 5.75 Å². The van der Waals surface area contributed by atoms with Crippen molar-refractivity contribution in [2.75, 3.05) is 31.5 Å². The Morgan fingerprint density at radius 2 is 1.88 bits per heavy atom. The Kier molecular flexibility index (Phi) is 9.48. The first-order valence-electron chi connectivity index (χ1n) is 8.51. The van der Waals surface area contributed by atoms with Crippen molar-refractivity contribution in [1.29, 1.82) is 0 Å². The molecule has 0 aliphatic carbocycles. The summed E-state index contributed by atoms with van der Waals surface area (Å²) in [5.74, 6) is 0.517. The van der Waals surface area contributed by atoms with Gasteiger partial charge in [0.2, 0.25) is 0 Å². The maximum absolute atomic E-state index is 12.1. The first kappa shape index (κ1) is 22.8. The minimum Gasteiger partial charge on any atom is -0.406 e. The van der Waals surface area contributed by atoms with E-state index in [0.29, 0.717) is 18.2 Å². The number of rotatable bonds is 6. The fourth-order valence-electron chi connectivity index (χ4n) is 2.86. The second-order valence-corrected chi connectivity index (χ2v) is 6.21. The van der Waals surface area contributed by atoms with Crippen molar-refractivity contribution < 1.29 is 17.9 Å². The molecule has 1 aromatic rings. The first-order valence-corrected chi connectivity index (χ1v) is 8.51. The third-order valence-electron chi connectivity index (χ3n) is 4.13. The van der Waals surface area contributed by atoms with E-state index in [4.69, 9.17) is 5.73 Å². The summed E-state index contributed by atoms with van der Waals surface area (Å²) in [5.41, 5.74) is 6.42. The second kappa shape index (κ2) is 10.8. The summed E-state index contributed by atoms with van der Waals surface area (Å²) in [6.07, 6.45) is -1.30. The zero-order valence-corrected chi connectivity index (χ0v) is 17.1. The van der Waals surface area contributed by atoms with Crippen LogP contribution in [0.2, 0.25) is 0 Å². The van der Waals surface area contributed by atoms with Crippen molar-refractivity contribution in [3.63, 3.8) is 0 Å². The van der Waals surface area contributed by atoms with Gasteiger partial charge in [-0.1, -0.05) is 6.92 Å². The van der Waals surface area contributed by atoms with E-state index in [2.05, 4.69) is 26.9 Å². The van der Waals surface area contributed by atoms with Crippen LogP contribution in [0.4, 0.5) is 18.9 Å². The van der Waals surface area contributed by atoms with Gasteiger partial charge in [-0.15, -0.1) is 37.1 Å². The Morgan fingerprint density at radius 3 is 2.42 bits per heavy atom. The molecule has 0 unspecified atom stereocenters. The van der Waals surface area contributed by atoms with Crippen molar-refractivity contribution in [1.82, 2.24) is 4.90 Å². The molecule has 1 saturated heterocycles. The van der Waals surface area contributed by atoms with Crippen molar-refractivity contribution in [2.45, 2.75) is 32.5 Å². The normalized spacial score (nSPS) is 16.8. The van der Waals surface area contributed by atoms with Crippen molar-refractivity contribution in [3.8, 4) is 5.75 Å². The van der Waals surface area contributed by atoms with E-state index in [1.165, 1.54) is 30.7 Å². The van der Waals surface area contributed by atoms with E-state index in [-0.39, 0.29) is 35.7 Å². The molecule has 26 heavy (non-hydrogen) atoms. The molecule has 3 N–H and O–H groups in total. The summed E-state index contributed by atoms with van der Waals surface area (Å²) in [6, 6.07) is 5.39. The molecule has 1 fully saturated rings. The molecule has 0 atom stereocenters. The van der Waals surface area contributed by atoms with E-state index in [0.717, 1.165) is 32.5 Å². The lowest BCUT2D eigenvalue weighted by atomic mass is 9.97. The third kappa shape index (κ3) is 8.43. The molecule has 1 heterocycles. The second-order valence-electron chi connectivity index (χ2n) is 6.21. The van der Waals surface area contributed by atoms with E-state index >= 15 is 0 Å². The number of aliphatic imine (C=N–C) groups is 1. The van der Waals surface area contributed by atoms with Crippen molar-refractivity contribution >= 4 is 35.6 Å². The number of piperidine rings is 1. The predicted molar refractivity (Wildman–Crippen MR) is 108 cm³/mol. The minimum atomic E-state index is -4.69. The van der Waals surface area contributed by atoms with Gasteiger partial charge in [0.15, 0.2) is 5.96 Å². The highest BCUT2D eigenvalue weighted by atomic mass is 127. The molecule has 2 rings (SSSR count). The van der Waals surface area contributed by atoms with Crippen LogP contribution >= 0.6 is 24.0 Å². The largest absolute Gasteiger partial charge is 0.573 e. The molecule has 1 aliphatic heterocycles. The van der Waals surface area contributed by atoms with Gasteiger partial charge in [0, 0.05) is 12.2 Å². The highest BCUT2D eigenvalue weighted by Crippen LogP contribution is 2.24. The monoisotopic (exact) mass is 486 g/mol. The molecule has 0 bridgehead atoms. The zero-order chi connectivity index (χ0) is 18.3. The average Bonchev–Trinajstić information content (AvgIpc) is 2.55. The lowest BCUT2D eigenvalue weighted by molar-refractivity contribution is -0.274. The third-order valence-corrected chi connectivity index (χ3v) is 4.13. The summed E-state index contributed by atoms with van der Waals surface area (Å²) in [6.45, 7) is 6.19. The fourth-order valence-corrected chi connectivity index (χ4v) is 2.86. The van der Waals surface area contributed by atoms with E-state index < -0.39 is 6.36 Å². The number of hydrogen-bond donors (Lipinski definition) is 2. The number of nitrogens with one attached hydrogen (secondary N) is 1. The lowest BCUT2D eigenvalue weighted by Gasteiger charge is -2.30. The summed E-state index contributed by atoms with van der Waals surface area (Å²) in [7, 11) is 0. The fraction of sp³-hybridized carbons (Fsp3) is 0.588. The summed E-state index contributed by atoms with van der Waals surface area (Å²) in [5, 5.41) is 2.88. The van der Waals surface area contributed by atoms with E-state index in [1.54, 1.807) is 0 Å². The Hall–Kier alpha value is -1.23. The van der Waals surface area contributed by atoms with Gasteiger partial charge in [-0.2, -0.15) is 0 Å². The topological polar surface area (TPSA) is 62.9 Å². The van der Waals surface area contributed by atoms with Gasteiger partial charge in [0.05, 0.1) is 0 Å².